The van der Waals surface area contributed by atoms with E-state index in [-0.39, 0.29) is 5.75 Å². The van der Waals surface area contributed by atoms with Gasteiger partial charge in [-0.25, -0.2) is 0 Å². The zero-order chi connectivity index (χ0) is 11.4. The molecule has 0 amide bonds. The molecule has 0 aliphatic carbocycles. The number of halogens is 1. The van der Waals surface area contributed by atoms with Crippen LogP contribution < -0.4 is 0 Å². The summed E-state index contributed by atoms with van der Waals surface area (Å²) in [5, 5.41) is 10.4. The molecule has 0 atom stereocenters. The van der Waals surface area contributed by atoms with E-state index in [0.29, 0.717) is 5.02 Å². The predicted octanol–water partition coefficient (Wildman–Crippen LogP) is 3.57. The Labute approximate surface area is 95.6 Å². The molecule has 0 heterocycles. The van der Waals surface area contributed by atoms with E-state index in [9.17, 15) is 5.11 Å². The highest BCUT2D eigenvalue weighted by Gasteiger charge is 2.07. The van der Waals surface area contributed by atoms with Crippen LogP contribution in [0.4, 0.5) is 0 Å². The molecule has 3 heteroatoms. The molecular formula is C12H16ClNO. The van der Waals surface area contributed by atoms with Gasteiger partial charge in [-0.1, -0.05) is 18.5 Å². The van der Waals surface area contributed by atoms with Crippen molar-refractivity contribution in [1.29, 1.82) is 0 Å². The van der Waals surface area contributed by atoms with Gasteiger partial charge in [-0.3, -0.25) is 4.99 Å². The number of aromatic hydroxyl groups is 1. The Bertz CT molecular complexity index is 385. The molecule has 1 aromatic rings. The van der Waals surface area contributed by atoms with Gasteiger partial charge in [0.2, 0.25) is 0 Å². The topological polar surface area (TPSA) is 32.6 Å². The third-order valence-corrected chi connectivity index (χ3v) is 2.65. The largest absolute Gasteiger partial charge is 0.507 e. The summed E-state index contributed by atoms with van der Waals surface area (Å²) < 4.78 is 0. The van der Waals surface area contributed by atoms with Gasteiger partial charge < -0.3 is 5.11 Å². The van der Waals surface area contributed by atoms with Crippen molar-refractivity contribution < 1.29 is 5.11 Å². The Morgan fingerprint density at radius 1 is 1.47 bits per heavy atom. The lowest BCUT2D eigenvalue weighted by Gasteiger charge is -2.07. The van der Waals surface area contributed by atoms with Crippen molar-refractivity contribution in [2.45, 2.75) is 27.2 Å². The van der Waals surface area contributed by atoms with E-state index in [1.807, 2.05) is 13.8 Å². The van der Waals surface area contributed by atoms with Crippen molar-refractivity contribution in [3.63, 3.8) is 0 Å². The van der Waals surface area contributed by atoms with E-state index in [1.165, 1.54) is 0 Å². The van der Waals surface area contributed by atoms with Gasteiger partial charge in [-0.05, 0) is 38.0 Å². The maximum atomic E-state index is 9.75. The van der Waals surface area contributed by atoms with Crippen LogP contribution in [0.2, 0.25) is 5.02 Å². The molecule has 0 bridgehead atoms. The van der Waals surface area contributed by atoms with Gasteiger partial charge in [-0.2, -0.15) is 0 Å². The molecule has 0 aromatic heterocycles. The van der Waals surface area contributed by atoms with Gasteiger partial charge in [0.1, 0.15) is 5.75 Å². The van der Waals surface area contributed by atoms with Crippen molar-refractivity contribution in [3.05, 3.63) is 28.3 Å². The third-order valence-electron chi connectivity index (χ3n) is 2.24. The molecule has 0 spiro atoms. The number of nitrogens with zero attached hydrogens (tertiary/aromatic N) is 1. The number of phenols is 1. The van der Waals surface area contributed by atoms with E-state index >= 15 is 0 Å². The minimum atomic E-state index is 0.245. The van der Waals surface area contributed by atoms with E-state index in [0.717, 1.165) is 29.8 Å². The Morgan fingerprint density at radius 2 is 2.13 bits per heavy atom. The first-order chi connectivity index (χ1) is 7.06. The van der Waals surface area contributed by atoms with Crippen LogP contribution in [0.25, 0.3) is 0 Å². The van der Waals surface area contributed by atoms with Crippen molar-refractivity contribution in [2.24, 2.45) is 4.99 Å². The summed E-state index contributed by atoms with van der Waals surface area (Å²) in [6.45, 7) is 6.59. The van der Waals surface area contributed by atoms with Crippen LogP contribution in [-0.2, 0) is 0 Å². The monoisotopic (exact) mass is 225 g/mol. The second-order valence-corrected chi connectivity index (χ2v) is 3.99. The van der Waals surface area contributed by atoms with Gasteiger partial charge in [0, 0.05) is 22.8 Å². The van der Waals surface area contributed by atoms with Crippen LogP contribution in [0.15, 0.2) is 17.1 Å². The number of hydrogen-bond acceptors (Lipinski definition) is 2. The fourth-order valence-corrected chi connectivity index (χ4v) is 1.48. The highest BCUT2D eigenvalue weighted by Crippen LogP contribution is 2.26. The van der Waals surface area contributed by atoms with Crippen LogP contribution in [0, 0.1) is 6.92 Å². The SMILES string of the molecule is CCCN=C(C)c1cc(Cl)c(C)cc1O. The first-order valence-electron chi connectivity index (χ1n) is 5.06. The summed E-state index contributed by atoms with van der Waals surface area (Å²) in [4.78, 5) is 4.34. The van der Waals surface area contributed by atoms with Crippen LogP contribution in [0.1, 0.15) is 31.4 Å². The van der Waals surface area contributed by atoms with Gasteiger partial charge in [0.25, 0.3) is 0 Å². The molecule has 82 valence electrons. The average Bonchev–Trinajstić information content (AvgIpc) is 2.20. The zero-order valence-corrected chi connectivity index (χ0v) is 10.1. The molecular weight excluding hydrogens is 210 g/mol. The summed E-state index contributed by atoms with van der Waals surface area (Å²) in [6.07, 6.45) is 0.998. The molecule has 1 rings (SSSR count). The van der Waals surface area contributed by atoms with Crippen LogP contribution in [-0.4, -0.2) is 17.4 Å². The smallest absolute Gasteiger partial charge is 0.124 e. The molecule has 1 N–H and O–H groups in total. The number of aliphatic imine (C=N–C) groups is 1. The quantitative estimate of drug-likeness (QED) is 0.784. The Hall–Kier alpha value is -1.02. The summed E-state index contributed by atoms with van der Waals surface area (Å²) in [7, 11) is 0. The number of phenolic OH excluding ortho intramolecular Hbond substituents is 1. The lowest BCUT2D eigenvalue weighted by atomic mass is 10.1. The molecule has 0 unspecified atom stereocenters. The van der Waals surface area contributed by atoms with Crippen molar-refractivity contribution >= 4 is 17.3 Å². The van der Waals surface area contributed by atoms with E-state index in [4.69, 9.17) is 11.6 Å². The zero-order valence-electron chi connectivity index (χ0n) is 9.34. The average molecular weight is 226 g/mol. The standard InChI is InChI=1S/C12H16ClNO/c1-4-5-14-9(3)10-7-11(13)8(2)6-12(10)15/h6-7,15H,4-5H2,1-3H3. The van der Waals surface area contributed by atoms with Gasteiger partial charge >= 0.3 is 0 Å². The van der Waals surface area contributed by atoms with E-state index < -0.39 is 0 Å². The molecule has 0 aliphatic rings. The molecule has 0 aliphatic heterocycles. The Kier molecular flexibility index (Phi) is 4.15. The fraction of sp³-hybridized carbons (Fsp3) is 0.417. The van der Waals surface area contributed by atoms with Crippen LogP contribution in [0.3, 0.4) is 0 Å². The molecule has 0 radical (unpaired) electrons. The maximum absolute atomic E-state index is 9.75. The third kappa shape index (κ3) is 2.96. The lowest BCUT2D eigenvalue weighted by Crippen LogP contribution is -1.97. The van der Waals surface area contributed by atoms with E-state index in [2.05, 4.69) is 11.9 Å². The van der Waals surface area contributed by atoms with E-state index in [1.54, 1.807) is 12.1 Å². The Balaban J connectivity index is 3.09. The number of aryl methyl sites for hydroxylation is 1. The highest BCUT2D eigenvalue weighted by molar-refractivity contribution is 6.31. The normalized spacial score (nSPS) is 11.9. The number of hydrogen-bond donors (Lipinski definition) is 1. The van der Waals surface area contributed by atoms with Crippen LogP contribution in [0.5, 0.6) is 5.75 Å². The minimum absolute atomic E-state index is 0.245. The fourth-order valence-electron chi connectivity index (χ4n) is 1.32. The number of rotatable bonds is 3. The molecule has 0 saturated carbocycles. The minimum Gasteiger partial charge on any atom is -0.507 e. The molecule has 1 aromatic carbocycles. The first kappa shape index (κ1) is 12.1. The van der Waals surface area contributed by atoms with Crippen molar-refractivity contribution in [3.8, 4) is 5.75 Å². The molecule has 0 saturated heterocycles. The maximum Gasteiger partial charge on any atom is 0.124 e. The predicted molar refractivity (Wildman–Crippen MR) is 65.2 cm³/mol. The van der Waals surface area contributed by atoms with Gasteiger partial charge in [0.15, 0.2) is 0 Å². The Morgan fingerprint density at radius 3 is 2.73 bits per heavy atom. The molecule has 2 nitrogen and oxygen atoms in total. The second-order valence-electron chi connectivity index (χ2n) is 3.59. The van der Waals surface area contributed by atoms with Gasteiger partial charge in [0.05, 0.1) is 0 Å². The summed E-state index contributed by atoms with van der Waals surface area (Å²) >= 11 is 6.00. The van der Waals surface area contributed by atoms with Gasteiger partial charge in [-0.15, -0.1) is 0 Å². The lowest BCUT2D eigenvalue weighted by molar-refractivity contribution is 0.473. The summed E-state index contributed by atoms with van der Waals surface area (Å²) in [5.41, 5.74) is 2.43. The summed E-state index contributed by atoms with van der Waals surface area (Å²) in [5.74, 6) is 0.245. The molecule has 0 fully saturated rings. The summed E-state index contributed by atoms with van der Waals surface area (Å²) in [6, 6.07) is 3.43. The highest BCUT2D eigenvalue weighted by atomic mass is 35.5. The van der Waals surface area contributed by atoms with Crippen LogP contribution >= 0.6 is 11.6 Å². The first-order valence-corrected chi connectivity index (χ1v) is 5.44. The number of benzene rings is 1. The second kappa shape index (κ2) is 5.17. The van der Waals surface area contributed by atoms with Crippen molar-refractivity contribution in [1.82, 2.24) is 0 Å². The molecule has 15 heavy (non-hydrogen) atoms. The van der Waals surface area contributed by atoms with Crippen molar-refractivity contribution in [2.75, 3.05) is 6.54 Å².